The maximum absolute atomic E-state index is 13.0. The van der Waals surface area contributed by atoms with E-state index in [9.17, 15) is 18.0 Å². The van der Waals surface area contributed by atoms with Crippen LogP contribution in [-0.2, 0) is 11.0 Å². The zero-order chi connectivity index (χ0) is 18.9. The molecule has 0 saturated carbocycles. The van der Waals surface area contributed by atoms with E-state index in [1.807, 2.05) is 0 Å². The molecular weight excluding hydrogens is 347 g/mol. The number of alkyl halides is 3. The van der Waals surface area contributed by atoms with Gasteiger partial charge in [0, 0.05) is 44.5 Å². The van der Waals surface area contributed by atoms with Gasteiger partial charge in [-0.05, 0) is 30.7 Å². The lowest BCUT2D eigenvalue weighted by atomic mass is 10.2. The Morgan fingerprint density at radius 2 is 1.85 bits per heavy atom. The molecule has 1 aliphatic heterocycles. The van der Waals surface area contributed by atoms with Gasteiger partial charge in [-0.1, -0.05) is 0 Å². The number of amides is 1. The van der Waals surface area contributed by atoms with Crippen molar-refractivity contribution >= 4 is 29.0 Å². The van der Waals surface area contributed by atoms with Crippen molar-refractivity contribution in [2.45, 2.75) is 19.0 Å². The lowest BCUT2D eigenvalue weighted by Crippen LogP contribution is -2.23. The van der Waals surface area contributed by atoms with Crippen LogP contribution < -0.4 is 15.1 Å². The molecule has 9 heteroatoms. The van der Waals surface area contributed by atoms with E-state index in [4.69, 9.17) is 0 Å². The molecule has 0 aliphatic carbocycles. The van der Waals surface area contributed by atoms with Gasteiger partial charge in [0.25, 0.3) is 0 Å². The summed E-state index contributed by atoms with van der Waals surface area (Å²) in [5, 5.41) is 2.79. The summed E-state index contributed by atoms with van der Waals surface area (Å²) in [5.41, 5.74) is 0.277. The zero-order valence-corrected chi connectivity index (χ0v) is 14.3. The Bertz CT molecular complexity index is 805. The Labute approximate surface area is 148 Å². The number of carbonyl (C=O) groups is 1. The lowest BCUT2D eigenvalue weighted by Gasteiger charge is -2.17. The SMILES string of the molecule is CN(C)c1cc(C(F)(F)F)nc(Nc2ccc(N3CCCC3=O)cc2)n1. The average Bonchev–Trinajstić information content (AvgIpc) is 3.00. The summed E-state index contributed by atoms with van der Waals surface area (Å²) < 4.78 is 39.1. The summed E-state index contributed by atoms with van der Waals surface area (Å²) in [5.74, 6) is 0.0742. The maximum Gasteiger partial charge on any atom is 0.433 e. The van der Waals surface area contributed by atoms with E-state index in [0.717, 1.165) is 18.2 Å². The van der Waals surface area contributed by atoms with Gasteiger partial charge < -0.3 is 15.1 Å². The van der Waals surface area contributed by atoms with Crippen molar-refractivity contribution in [1.82, 2.24) is 9.97 Å². The van der Waals surface area contributed by atoms with Crippen molar-refractivity contribution in [3.05, 3.63) is 36.0 Å². The molecule has 0 atom stereocenters. The Hall–Kier alpha value is -2.84. The number of halogens is 3. The molecule has 3 rings (SSSR count). The fraction of sp³-hybridized carbons (Fsp3) is 0.353. The number of nitrogens with one attached hydrogen (secondary N) is 1. The summed E-state index contributed by atoms with van der Waals surface area (Å²) in [7, 11) is 3.21. The molecule has 6 nitrogen and oxygen atoms in total. The van der Waals surface area contributed by atoms with Crippen molar-refractivity contribution in [2.24, 2.45) is 0 Å². The van der Waals surface area contributed by atoms with Crippen molar-refractivity contribution in [1.29, 1.82) is 0 Å². The Kier molecular flexibility index (Phi) is 4.71. The molecule has 0 spiro atoms. The van der Waals surface area contributed by atoms with E-state index in [0.29, 0.717) is 18.7 Å². The molecule has 1 aromatic carbocycles. The molecule has 2 heterocycles. The molecule has 0 unspecified atom stereocenters. The predicted molar refractivity (Wildman–Crippen MR) is 92.7 cm³/mol. The first-order chi connectivity index (χ1) is 12.2. The highest BCUT2D eigenvalue weighted by molar-refractivity contribution is 5.95. The van der Waals surface area contributed by atoms with E-state index in [2.05, 4.69) is 15.3 Å². The van der Waals surface area contributed by atoms with Gasteiger partial charge in [0.2, 0.25) is 11.9 Å². The fourth-order valence-corrected chi connectivity index (χ4v) is 2.64. The largest absolute Gasteiger partial charge is 0.433 e. The second-order valence-corrected chi connectivity index (χ2v) is 6.15. The molecule has 1 aromatic heterocycles. The number of hydrogen-bond donors (Lipinski definition) is 1. The number of benzene rings is 1. The first-order valence-corrected chi connectivity index (χ1v) is 8.05. The van der Waals surface area contributed by atoms with Gasteiger partial charge in [0.15, 0.2) is 5.69 Å². The van der Waals surface area contributed by atoms with E-state index in [-0.39, 0.29) is 17.7 Å². The van der Waals surface area contributed by atoms with Crippen LogP contribution in [0.3, 0.4) is 0 Å². The van der Waals surface area contributed by atoms with Crippen LogP contribution in [0.5, 0.6) is 0 Å². The van der Waals surface area contributed by atoms with Crippen LogP contribution in [-0.4, -0.2) is 36.5 Å². The number of hydrogen-bond acceptors (Lipinski definition) is 5. The zero-order valence-electron chi connectivity index (χ0n) is 14.3. The fourth-order valence-electron chi connectivity index (χ4n) is 2.64. The molecule has 1 aliphatic rings. The Balaban J connectivity index is 1.84. The molecule has 138 valence electrons. The minimum absolute atomic E-state index is 0.0718. The second kappa shape index (κ2) is 6.81. The average molecular weight is 365 g/mol. The van der Waals surface area contributed by atoms with Crippen LogP contribution in [0.4, 0.5) is 36.3 Å². The van der Waals surface area contributed by atoms with Crippen LogP contribution in [0.25, 0.3) is 0 Å². The molecule has 1 amide bonds. The predicted octanol–water partition coefficient (Wildman–Crippen LogP) is 3.43. The summed E-state index contributed by atoms with van der Waals surface area (Å²) in [6, 6.07) is 7.74. The minimum atomic E-state index is -4.57. The summed E-state index contributed by atoms with van der Waals surface area (Å²) >= 11 is 0. The number of anilines is 4. The third-order valence-corrected chi connectivity index (χ3v) is 3.97. The first-order valence-electron chi connectivity index (χ1n) is 8.05. The third-order valence-electron chi connectivity index (χ3n) is 3.97. The highest BCUT2D eigenvalue weighted by Gasteiger charge is 2.34. The monoisotopic (exact) mass is 365 g/mol. The topological polar surface area (TPSA) is 61.4 Å². The lowest BCUT2D eigenvalue weighted by molar-refractivity contribution is -0.141. The Morgan fingerprint density at radius 1 is 1.15 bits per heavy atom. The van der Waals surface area contributed by atoms with Crippen LogP contribution in [0.15, 0.2) is 30.3 Å². The molecule has 2 aromatic rings. The first kappa shape index (κ1) is 18.0. The van der Waals surface area contributed by atoms with E-state index in [1.54, 1.807) is 43.3 Å². The summed E-state index contributed by atoms with van der Waals surface area (Å²) in [6.45, 7) is 0.675. The van der Waals surface area contributed by atoms with Crippen LogP contribution >= 0.6 is 0 Å². The molecule has 0 radical (unpaired) electrons. The van der Waals surface area contributed by atoms with Crippen LogP contribution in [0.2, 0.25) is 0 Å². The smallest absolute Gasteiger partial charge is 0.363 e. The summed E-state index contributed by atoms with van der Waals surface area (Å²) in [4.78, 5) is 22.6. The van der Waals surface area contributed by atoms with Gasteiger partial charge in [-0.15, -0.1) is 0 Å². The van der Waals surface area contributed by atoms with Gasteiger partial charge >= 0.3 is 6.18 Å². The quantitative estimate of drug-likeness (QED) is 0.900. The number of nitrogens with zero attached hydrogens (tertiary/aromatic N) is 4. The van der Waals surface area contributed by atoms with Crippen molar-refractivity contribution in [3.63, 3.8) is 0 Å². The number of rotatable bonds is 4. The number of aromatic nitrogens is 2. The van der Waals surface area contributed by atoms with E-state index >= 15 is 0 Å². The standard InChI is InChI=1S/C17H18F3N5O/c1-24(2)14-10-13(17(18,19)20)22-16(23-14)21-11-5-7-12(8-6-11)25-9-3-4-15(25)26/h5-8,10H,3-4,9H2,1-2H3,(H,21,22,23). The third kappa shape index (κ3) is 3.87. The second-order valence-electron chi connectivity index (χ2n) is 6.15. The van der Waals surface area contributed by atoms with Gasteiger partial charge in [-0.25, -0.2) is 4.98 Å². The van der Waals surface area contributed by atoms with Crippen molar-refractivity contribution in [2.75, 3.05) is 35.8 Å². The van der Waals surface area contributed by atoms with Gasteiger partial charge in [0.05, 0.1) is 0 Å². The maximum atomic E-state index is 13.0. The van der Waals surface area contributed by atoms with Crippen LogP contribution in [0, 0.1) is 0 Å². The number of carbonyl (C=O) groups excluding carboxylic acids is 1. The molecule has 1 saturated heterocycles. The van der Waals surface area contributed by atoms with E-state index < -0.39 is 11.9 Å². The van der Waals surface area contributed by atoms with Crippen LogP contribution in [0.1, 0.15) is 18.5 Å². The molecule has 26 heavy (non-hydrogen) atoms. The normalized spacial score (nSPS) is 14.7. The summed E-state index contributed by atoms with van der Waals surface area (Å²) in [6.07, 6.45) is -3.21. The molecule has 1 fully saturated rings. The van der Waals surface area contributed by atoms with Gasteiger partial charge in [-0.3, -0.25) is 4.79 Å². The van der Waals surface area contributed by atoms with Crippen molar-refractivity contribution in [3.8, 4) is 0 Å². The van der Waals surface area contributed by atoms with Gasteiger partial charge in [-0.2, -0.15) is 18.2 Å². The molecule has 0 bridgehead atoms. The molecular formula is C17H18F3N5O. The molecule has 1 N–H and O–H groups in total. The highest BCUT2D eigenvalue weighted by atomic mass is 19.4. The van der Waals surface area contributed by atoms with Crippen molar-refractivity contribution < 1.29 is 18.0 Å². The van der Waals surface area contributed by atoms with Gasteiger partial charge in [0.1, 0.15) is 5.82 Å². The highest BCUT2D eigenvalue weighted by Crippen LogP contribution is 2.31. The Morgan fingerprint density at radius 3 is 2.38 bits per heavy atom. The van der Waals surface area contributed by atoms with E-state index in [1.165, 1.54) is 4.90 Å². The minimum Gasteiger partial charge on any atom is -0.363 e.